The fourth-order valence-electron chi connectivity index (χ4n) is 3.96. The summed E-state index contributed by atoms with van der Waals surface area (Å²) < 4.78 is 13.2. The standard InChI is InChI=1S/C22H25N3O3S/c1-3-23-11-13-24(14-12-23)21(26)16-9-10-20-18(15-16)25(4-2)22(27)17-7-5-6-8-19(17)29(20)28/h5-10,15H,3-4,11-14H2,1-2H3/t29-/m0/s1. The third-order valence-corrected chi connectivity index (χ3v) is 7.18. The first-order chi connectivity index (χ1) is 14.0. The van der Waals surface area contributed by atoms with Crippen LogP contribution in [0, 0.1) is 0 Å². The fourth-order valence-corrected chi connectivity index (χ4v) is 5.30. The normalized spacial score (nSPS) is 19.5. The lowest BCUT2D eigenvalue weighted by Gasteiger charge is -2.34. The van der Waals surface area contributed by atoms with E-state index in [1.807, 2.05) is 11.8 Å². The topological polar surface area (TPSA) is 60.9 Å². The predicted octanol–water partition coefficient (Wildman–Crippen LogP) is 2.61. The Kier molecular flexibility index (Phi) is 5.52. The largest absolute Gasteiger partial charge is 0.336 e. The van der Waals surface area contributed by atoms with E-state index in [1.54, 1.807) is 47.4 Å². The third kappa shape index (κ3) is 3.49. The van der Waals surface area contributed by atoms with Gasteiger partial charge in [-0.25, -0.2) is 4.21 Å². The van der Waals surface area contributed by atoms with Crippen molar-refractivity contribution in [2.75, 3.05) is 44.2 Å². The Morgan fingerprint density at radius 3 is 2.38 bits per heavy atom. The van der Waals surface area contributed by atoms with Crippen LogP contribution in [0.4, 0.5) is 5.69 Å². The number of rotatable bonds is 3. The molecule has 1 saturated heterocycles. The number of benzene rings is 2. The number of carbonyl (C=O) groups is 2. The van der Waals surface area contributed by atoms with Gasteiger partial charge in [0.25, 0.3) is 11.8 Å². The molecule has 2 aliphatic rings. The van der Waals surface area contributed by atoms with E-state index in [0.29, 0.717) is 46.2 Å². The van der Waals surface area contributed by atoms with E-state index in [2.05, 4.69) is 11.8 Å². The molecule has 0 unspecified atom stereocenters. The van der Waals surface area contributed by atoms with Crippen molar-refractivity contribution in [2.45, 2.75) is 23.6 Å². The molecule has 0 N–H and O–H groups in total. The minimum Gasteiger partial charge on any atom is -0.336 e. The molecule has 4 rings (SSSR count). The van der Waals surface area contributed by atoms with Crippen molar-refractivity contribution in [1.29, 1.82) is 0 Å². The lowest BCUT2D eigenvalue weighted by molar-refractivity contribution is 0.0643. The van der Waals surface area contributed by atoms with E-state index in [-0.39, 0.29) is 11.8 Å². The van der Waals surface area contributed by atoms with Gasteiger partial charge in [-0.05, 0) is 43.8 Å². The fraction of sp³-hybridized carbons (Fsp3) is 0.364. The van der Waals surface area contributed by atoms with Gasteiger partial charge < -0.3 is 14.7 Å². The molecule has 152 valence electrons. The molecule has 2 amide bonds. The van der Waals surface area contributed by atoms with Crippen LogP contribution in [0.15, 0.2) is 52.3 Å². The van der Waals surface area contributed by atoms with Crippen LogP contribution in [-0.2, 0) is 10.8 Å². The molecule has 1 fully saturated rings. The van der Waals surface area contributed by atoms with Gasteiger partial charge in [0.05, 0.1) is 31.8 Å². The lowest BCUT2D eigenvalue weighted by Crippen LogP contribution is -2.48. The van der Waals surface area contributed by atoms with Crippen molar-refractivity contribution < 1.29 is 13.8 Å². The summed E-state index contributed by atoms with van der Waals surface area (Å²) in [6.07, 6.45) is 0. The number of nitrogens with zero attached hydrogens (tertiary/aromatic N) is 3. The van der Waals surface area contributed by atoms with Crippen molar-refractivity contribution in [3.8, 4) is 0 Å². The molecule has 2 aromatic carbocycles. The molecular formula is C22H25N3O3S. The number of anilines is 1. The van der Waals surface area contributed by atoms with E-state index < -0.39 is 10.8 Å². The minimum absolute atomic E-state index is 0.0420. The second-order valence-electron chi connectivity index (χ2n) is 7.22. The summed E-state index contributed by atoms with van der Waals surface area (Å²) in [6, 6.07) is 12.2. The Labute approximate surface area is 173 Å². The van der Waals surface area contributed by atoms with E-state index in [4.69, 9.17) is 0 Å². The smallest absolute Gasteiger partial charge is 0.259 e. The molecule has 6 nitrogen and oxygen atoms in total. The van der Waals surface area contributed by atoms with Gasteiger partial charge in [-0.3, -0.25) is 9.59 Å². The van der Waals surface area contributed by atoms with E-state index in [0.717, 1.165) is 19.6 Å². The SMILES string of the molecule is CCN1CCN(C(=O)c2ccc3c(c2)N(CC)C(=O)c2ccccc2[S@@]3=O)CC1. The first-order valence-corrected chi connectivity index (χ1v) is 11.2. The molecule has 0 aromatic heterocycles. The van der Waals surface area contributed by atoms with Crippen LogP contribution >= 0.6 is 0 Å². The molecule has 0 bridgehead atoms. The summed E-state index contributed by atoms with van der Waals surface area (Å²) >= 11 is 0. The van der Waals surface area contributed by atoms with Gasteiger partial charge in [-0.2, -0.15) is 0 Å². The van der Waals surface area contributed by atoms with Gasteiger partial charge in [0.1, 0.15) is 0 Å². The Hall–Kier alpha value is -2.51. The third-order valence-electron chi connectivity index (χ3n) is 5.68. The quantitative estimate of drug-likeness (QED) is 0.779. The first kappa shape index (κ1) is 19.8. The maximum absolute atomic E-state index is 13.2. The van der Waals surface area contributed by atoms with Crippen LogP contribution in [0.25, 0.3) is 0 Å². The van der Waals surface area contributed by atoms with Crippen LogP contribution in [0.3, 0.4) is 0 Å². The van der Waals surface area contributed by atoms with Crippen LogP contribution in [-0.4, -0.2) is 65.1 Å². The summed E-state index contributed by atoms with van der Waals surface area (Å²) in [5, 5.41) is 0. The molecule has 2 aliphatic heterocycles. The monoisotopic (exact) mass is 411 g/mol. The van der Waals surface area contributed by atoms with Crippen LogP contribution in [0.5, 0.6) is 0 Å². The second kappa shape index (κ2) is 8.08. The highest BCUT2D eigenvalue weighted by Crippen LogP contribution is 2.35. The van der Waals surface area contributed by atoms with Gasteiger partial charge in [0, 0.05) is 38.3 Å². The molecule has 0 aliphatic carbocycles. The summed E-state index contributed by atoms with van der Waals surface area (Å²) in [4.78, 5) is 33.1. The molecule has 1 atom stereocenters. The highest BCUT2D eigenvalue weighted by Gasteiger charge is 2.31. The van der Waals surface area contributed by atoms with Crippen molar-refractivity contribution in [2.24, 2.45) is 0 Å². The maximum atomic E-state index is 13.2. The summed E-state index contributed by atoms with van der Waals surface area (Å²) in [5.41, 5.74) is 1.54. The molecular weight excluding hydrogens is 386 g/mol. The number of amides is 2. The highest BCUT2D eigenvalue weighted by molar-refractivity contribution is 7.85. The van der Waals surface area contributed by atoms with Crippen molar-refractivity contribution >= 4 is 28.3 Å². The van der Waals surface area contributed by atoms with E-state index >= 15 is 0 Å². The lowest BCUT2D eigenvalue weighted by atomic mass is 10.1. The Balaban J connectivity index is 1.71. The van der Waals surface area contributed by atoms with Gasteiger partial charge in [0.15, 0.2) is 0 Å². The molecule has 2 aromatic rings. The molecule has 7 heteroatoms. The van der Waals surface area contributed by atoms with Crippen LogP contribution < -0.4 is 4.90 Å². The summed E-state index contributed by atoms with van der Waals surface area (Å²) in [7, 11) is -1.48. The Bertz CT molecular complexity index is 983. The van der Waals surface area contributed by atoms with Gasteiger partial charge in [-0.1, -0.05) is 19.1 Å². The van der Waals surface area contributed by atoms with Crippen LogP contribution in [0.1, 0.15) is 34.6 Å². The average molecular weight is 412 g/mol. The number of carbonyl (C=O) groups excluding carboxylic acids is 2. The van der Waals surface area contributed by atoms with Gasteiger partial charge in [0.2, 0.25) is 0 Å². The van der Waals surface area contributed by atoms with Gasteiger partial charge in [-0.15, -0.1) is 0 Å². The second-order valence-corrected chi connectivity index (χ2v) is 8.64. The van der Waals surface area contributed by atoms with Crippen LogP contribution in [0.2, 0.25) is 0 Å². The number of likely N-dealkylation sites (N-methyl/N-ethyl adjacent to an activating group) is 1. The summed E-state index contributed by atoms with van der Waals surface area (Å²) in [5.74, 6) is -0.226. The zero-order valence-electron chi connectivity index (χ0n) is 16.8. The van der Waals surface area contributed by atoms with E-state index in [1.165, 1.54) is 0 Å². The number of hydrogen-bond donors (Lipinski definition) is 0. The number of piperazine rings is 1. The van der Waals surface area contributed by atoms with Crippen molar-refractivity contribution in [3.05, 3.63) is 53.6 Å². The molecule has 29 heavy (non-hydrogen) atoms. The Morgan fingerprint density at radius 1 is 0.966 bits per heavy atom. The molecule has 0 radical (unpaired) electrons. The zero-order chi connectivity index (χ0) is 20.5. The van der Waals surface area contributed by atoms with E-state index in [9.17, 15) is 13.8 Å². The van der Waals surface area contributed by atoms with Crippen molar-refractivity contribution in [1.82, 2.24) is 9.80 Å². The summed E-state index contributed by atoms with van der Waals surface area (Å²) in [6.45, 7) is 8.55. The number of hydrogen-bond acceptors (Lipinski definition) is 4. The first-order valence-electron chi connectivity index (χ1n) is 10.0. The minimum atomic E-state index is -1.48. The molecule has 2 heterocycles. The Morgan fingerprint density at radius 2 is 1.69 bits per heavy atom. The maximum Gasteiger partial charge on any atom is 0.259 e. The average Bonchev–Trinajstić information content (AvgIpc) is 2.86. The highest BCUT2D eigenvalue weighted by atomic mass is 32.2. The zero-order valence-corrected chi connectivity index (χ0v) is 17.6. The van der Waals surface area contributed by atoms with Gasteiger partial charge >= 0.3 is 0 Å². The predicted molar refractivity (Wildman–Crippen MR) is 113 cm³/mol. The number of fused-ring (bicyclic) bond motifs is 2. The van der Waals surface area contributed by atoms with Crippen molar-refractivity contribution in [3.63, 3.8) is 0 Å². The molecule has 0 spiro atoms. The molecule has 0 saturated carbocycles.